The van der Waals surface area contributed by atoms with E-state index in [4.69, 9.17) is 11.0 Å². The number of nitrogens with zero attached hydrogens (tertiary/aromatic N) is 2. The number of piperidine rings is 1. The molecule has 0 aromatic carbocycles. The predicted octanol–water partition coefficient (Wildman–Crippen LogP) is 1.94. The summed E-state index contributed by atoms with van der Waals surface area (Å²) in [5.74, 6) is -0.0909. The smallest absolute Gasteiger partial charge is 0.223 e. The SMILES string of the molecule is CC(C)(CC(N)=O)CC(=O)N(C1CCNCC1)C1CCC(C#N)CC1. The number of amides is 2. The zero-order chi connectivity index (χ0) is 18.4. The lowest BCUT2D eigenvalue weighted by Crippen LogP contribution is -2.52. The zero-order valence-corrected chi connectivity index (χ0v) is 15.6. The van der Waals surface area contributed by atoms with Gasteiger partial charge in [0.2, 0.25) is 11.8 Å². The number of carbonyl (C=O) groups excluding carboxylic acids is 2. The molecule has 6 nitrogen and oxygen atoms in total. The van der Waals surface area contributed by atoms with E-state index in [1.807, 2.05) is 13.8 Å². The summed E-state index contributed by atoms with van der Waals surface area (Å²) in [7, 11) is 0. The molecule has 25 heavy (non-hydrogen) atoms. The topological polar surface area (TPSA) is 99.2 Å². The highest BCUT2D eigenvalue weighted by Gasteiger charge is 2.36. The summed E-state index contributed by atoms with van der Waals surface area (Å²) in [5.41, 5.74) is 4.93. The van der Waals surface area contributed by atoms with Crippen LogP contribution < -0.4 is 11.1 Å². The number of hydrogen-bond acceptors (Lipinski definition) is 4. The van der Waals surface area contributed by atoms with Gasteiger partial charge >= 0.3 is 0 Å². The second-order valence-corrected chi connectivity index (χ2v) is 8.40. The van der Waals surface area contributed by atoms with Crippen LogP contribution in [0.5, 0.6) is 0 Å². The van der Waals surface area contributed by atoms with Gasteiger partial charge in [-0.2, -0.15) is 5.26 Å². The van der Waals surface area contributed by atoms with Crippen LogP contribution in [0.15, 0.2) is 0 Å². The Kier molecular flexibility index (Phi) is 6.83. The van der Waals surface area contributed by atoms with Crippen LogP contribution >= 0.6 is 0 Å². The minimum absolute atomic E-state index is 0.132. The lowest BCUT2D eigenvalue weighted by atomic mass is 9.82. The van der Waals surface area contributed by atoms with Gasteiger partial charge in [-0.3, -0.25) is 9.59 Å². The molecule has 3 N–H and O–H groups in total. The average molecular weight is 348 g/mol. The average Bonchev–Trinajstić information content (AvgIpc) is 2.55. The molecule has 0 aromatic rings. The Bertz CT molecular complexity index is 512. The molecule has 6 heteroatoms. The summed E-state index contributed by atoms with van der Waals surface area (Å²) >= 11 is 0. The van der Waals surface area contributed by atoms with Crippen LogP contribution in [0.4, 0.5) is 0 Å². The Morgan fingerprint density at radius 3 is 2.16 bits per heavy atom. The highest BCUT2D eigenvalue weighted by atomic mass is 16.2. The third kappa shape index (κ3) is 5.71. The van der Waals surface area contributed by atoms with Crippen LogP contribution in [0.2, 0.25) is 0 Å². The van der Waals surface area contributed by atoms with E-state index in [1.54, 1.807) is 0 Å². The molecule has 0 bridgehead atoms. The van der Waals surface area contributed by atoms with E-state index in [0.717, 1.165) is 51.6 Å². The number of hydrogen-bond donors (Lipinski definition) is 2. The number of carbonyl (C=O) groups is 2. The van der Waals surface area contributed by atoms with E-state index in [0.29, 0.717) is 6.42 Å². The van der Waals surface area contributed by atoms with Crippen molar-refractivity contribution in [1.29, 1.82) is 5.26 Å². The van der Waals surface area contributed by atoms with Crippen molar-refractivity contribution >= 4 is 11.8 Å². The largest absolute Gasteiger partial charge is 0.370 e. The lowest BCUT2D eigenvalue weighted by Gasteiger charge is -2.43. The molecule has 0 atom stereocenters. The number of rotatable bonds is 6. The fourth-order valence-electron chi connectivity index (χ4n) is 4.31. The van der Waals surface area contributed by atoms with E-state index in [1.165, 1.54) is 0 Å². The molecular weight excluding hydrogens is 316 g/mol. The van der Waals surface area contributed by atoms with E-state index >= 15 is 0 Å². The predicted molar refractivity (Wildman–Crippen MR) is 96.3 cm³/mol. The first-order valence-corrected chi connectivity index (χ1v) is 9.52. The highest BCUT2D eigenvalue weighted by molar-refractivity contribution is 5.80. The zero-order valence-electron chi connectivity index (χ0n) is 15.6. The van der Waals surface area contributed by atoms with Gasteiger partial charge < -0.3 is 16.0 Å². The molecule has 1 saturated carbocycles. The van der Waals surface area contributed by atoms with E-state index in [-0.39, 0.29) is 36.2 Å². The summed E-state index contributed by atoms with van der Waals surface area (Å²) in [5, 5.41) is 12.5. The molecule has 1 aliphatic carbocycles. The van der Waals surface area contributed by atoms with Crippen molar-refractivity contribution < 1.29 is 9.59 Å². The van der Waals surface area contributed by atoms with Gasteiger partial charge in [-0.05, 0) is 57.0 Å². The summed E-state index contributed by atoms with van der Waals surface area (Å²) in [6, 6.07) is 2.86. The fourth-order valence-corrected chi connectivity index (χ4v) is 4.31. The first kappa shape index (κ1) is 19.7. The van der Waals surface area contributed by atoms with E-state index in [9.17, 15) is 9.59 Å². The van der Waals surface area contributed by atoms with Crippen molar-refractivity contribution in [2.45, 2.75) is 77.3 Å². The standard InChI is InChI=1S/C19H32N4O2/c1-19(2,11-17(21)24)12-18(25)23(16-7-9-22-10-8-16)15-5-3-14(13-20)4-6-15/h14-16,22H,3-12H2,1-2H3,(H2,21,24). The molecule has 1 heterocycles. The second kappa shape index (κ2) is 8.66. The van der Waals surface area contributed by atoms with Crippen molar-refractivity contribution in [2.24, 2.45) is 17.1 Å². The van der Waals surface area contributed by atoms with Crippen molar-refractivity contribution in [2.75, 3.05) is 13.1 Å². The van der Waals surface area contributed by atoms with Gasteiger partial charge in [0.1, 0.15) is 0 Å². The van der Waals surface area contributed by atoms with Crippen LogP contribution in [-0.4, -0.2) is 41.9 Å². The molecule has 140 valence electrons. The van der Waals surface area contributed by atoms with E-state index in [2.05, 4.69) is 16.3 Å². The summed E-state index contributed by atoms with van der Waals surface area (Å²) in [6.07, 6.45) is 6.08. The first-order chi connectivity index (χ1) is 11.8. The number of nitrogens with two attached hydrogens (primary N) is 1. The van der Waals surface area contributed by atoms with Gasteiger partial charge in [-0.1, -0.05) is 13.8 Å². The van der Waals surface area contributed by atoms with Crippen molar-refractivity contribution in [3.8, 4) is 6.07 Å². The molecule has 2 aliphatic rings. The summed E-state index contributed by atoms with van der Waals surface area (Å²) in [6.45, 7) is 5.74. The molecular formula is C19H32N4O2. The summed E-state index contributed by atoms with van der Waals surface area (Å²) < 4.78 is 0. The normalized spacial score (nSPS) is 25.2. The van der Waals surface area contributed by atoms with Crippen molar-refractivity contribution in [3.05, 3.63) is 0 Å². The molecule has 1 saturated heterocycles. The Balaban J connectivity index is 2.09. The van der Waals surface area contributed by atoms with Gasteiger partial charge in [0, 0.05) is 30.8 Å². The van der Waals surface area contributed by atoms with Gasteiger partial charge in [0.15, 0.2) is 0 Å². The van der Waals surface area contributed by atoms with Gasteiger partial charge in [0.25, 0.3) is 0 Å². The molecule has 0 aromatic heterocycles. The quantitative estimate of drug-likeness (QED) is 0.766. The first-order valence-electron chi connectivity index (χ1n) is 9.52. The third-order valence-electron chi connectivity index (χ3n) is 5.55. The van der Waals surface area contributed by atoms with Crippen LogP contribution in [0, 0.1) is 22.7 Å². The molecule has 0 radical (unpaired) electrons. The number of primary amides is 1. The van der Waals surface area contributed by atoms with Crippen molar-refractivity contribution in [1.82, 2.24) is 10.2 Å². The fraction of sp³-hybridized carbons (Fsp3) is 0.842. The second-order valence-electron chi connectivity index (χ2n) is 8.40. The molecule has 0 unspecified atom stereocenters. The Morgan fingerprint density at radius 1 is 1.08 bits per heavy atom. The van der Waals surface area contributed by atoms with E-state index < -0.39 is 5.41 Å². The maximum Gasteiger partial charge on any atom is 0.223 e. The molecule has 1 aliphatic heterocycles. The van der Waals surface area contributed by atoms with Crippen LogP contribution in [0.25, 0.3) is 0 Å². The molecule has 0 spiro atoms. The molecule has 2 rings (SSSR count). The minimum atomic E-state index is -0.419. The number of nitriles is 1. The lowest BCUT2D eigenvalue weighted by molar-refractivity contribution is -0.140. The Hall–Kier alpha value is -1.61. The van der Waals surface area contributed by atoms with Crippen LogP contribution in [0.1, 0.15) is 65.2 Å². The Morgan fingerprint density at radius 2 is 1.64 bits per heavy atom. The summed E-state index contributed by atoms with van der Waals surface area (Å²) in [4.78, 5) is 26.6. The minimum Gasteiger partial charge on any atom is -0.370 e. The third-order valence-corrected chi connectivity index (χ3v) is 5.55. The maximum absolute atomic E-state index is 13.2. The molecule has 2 fully saturated rings. The van der Waals surface area contributed by atoms with Gasteiger partial charge in [-0.25, -0.2) is 0 Å². The van der Waals surface area contributed by atoms with Crippen LogP contribution in [-0.2, 0) is 9.59 Å². The van der Waals surface area contributed by atoms with Crippen molar-refractivity contribution in [3.63, 3.8) is 0 Å². The van der Waals surface area contributed by atoms with Gasteiger partial charge in [0.05, 0.1) is 6.07 Å². The maximum atomic E-state index is 13.2. The van der Waals surface area contributed by atoms with Gasteiger partial charge in [-0.15, -0.1) is 0 Å². The molecule has 2 amide bonds. The van der Waals surface area contributed by atoms with Crippen LogP contribution in [0.3, 0.4) is 0 Å². The Labute approximate surface area is 151 Å². The number of nitrogens with one attached hydrogen (secondary N) is 1. The monoisotopic (exact) mass is 348 g/mol. The highest BCUT2D eigenvalue weighted by Crippen LogP contribution is 2.33.